The Labute approximate surface area is 125 Å². The highest BCUT2D eigenvalue weighted by Gasteiger charge is 2.14. The van der Waals surface area contributed by atoms with Gasteiger partial charge in [0.1, 0.15) is 0 Å². The Kier molecular flexibility index (Phi) is 4.30. The van der Waals surface area contributed by atoms with Crippen molar-refractivity contribution in [3.63, 3.8) is 0 Å². The highest BCUT2D eigenvalue weighted by Crippen LogP contribution is 2.31. The number of esters is 1. The van der Waals surface area contributed by atoms with Crippen molar-refractivity contribution in [1.82, 2.24) is 4.98 Å². The monoisotopic (exact) mass is 315 g/mol. The van der Waals surface area contributed by atoms with Crippen molar-refractivity contribution in [3.8, 4) is 11.1 Å². The molecule has 19 heavy (non-hydrogen) atoms. The molecule has 1 aromatic heterocycles. The molecule has 3 nitrogen and oxygen atoms in total. The SMILES string of the molecule is COC(=O)c1ncc(-c2ccc(Cl)cc2Cl)cc1Cl. The molecule has 0 unspecified atom stereocenters. The summed E-state index contributed by atoms with van der Waals surface area (Å²) in [5.74, 6) is -0.584. The third-order valence-electron chi connectivity index (χ3n) is 2.46. The van der Waals surface area contributed by atoms with Crippen molar-refractivity contribution in [2.45, 2.75) is 0 Å². The molecule has 98 valence electrons. The molecule has 0 bridgehead atoms. The number of hydrogen-bond acceptors (Lipinski definition) is 3. The molecule has 0 radical (unpaired) electrons. The van der Waals surface area contributed by atoms with E-state index in [1.54, 1.807) is 24.3 Å². The third kappa shape index (κ3) is 3.00. The second-order valence-corrected chi connectivity index (χ2v) is 4.92. The van der Waals surface area contributed by atoms with Crippen LogP contribution in [0.15, 0.2) is 30.5 Å². The Balaban J connectivity index is 2.47. The van der Waals surface area contributed by atoms with Crippen molar-refractivity contribution >= 4 is 40.8 Å². The lowest BCUT2D eigenvalue weighted by atomic mass is 10.1. The van der Waals surface area contributed by atoms with E-state index in [1.807, 2.05) is 0 Å². The molecule has 0 amide bonds. The van der Waals surface area contributed by atoms with Crippen LogP contribution < -0.4 is 0 Å². The first-order chi connectivity index (χ1) is 9.02. The van der Waals surface area contributed by atoms with Crippen LogP contribution in [-0.2, 0) is 4.74 Å². The Morgan fingerprint density at radius 3 is 2.47 bits per heavy atom. The van der Waals surface area contributed by atoms with Gasteiger partial charge in [0.2, 0.25) is 0 Å². The van der Waals surface area contributed by atoms with Crippen LogP contribution in [0, 0.1) is 0 Å². The normalized spacial score (nSPS) is 10.3. The minimum absolute atomic E-state index is 0.0676. The first kappa shape index (κ1) is 14.1. The predicted molar refractivity (Wildman–Crippen MR) is 76.0 cm³/mol. The van der Waals surface area contributed by atoms with Gasteiger partial charge in [-0.25, -0.2) is 9.78 Å². The Morgan fingerprint density at radius 2 is 1.89 bits per heavy atom. The number of methoxy groups -OCH3 is 1. The van der Waals surface area contributed by atoms with Gasteiger partial charge in [0, 0.05) is 27.4 Å². The first-order valence-corrected chi connectivity index (χ1v) is 6.35. The highest BCUT2D eigenvalue weighted by atomic mass is 35.5. The zero-order valence-electron chi connectivity index (χ0n) is 9.78. The smallest absolute Gasteiger partial charge is 0.358 e. The fourth-order valence-electron chi connectivity index (χ4n) is 1.56. The number of carbonyl (C=O) groups excluding carboxylic acids is 1. The number of carbonyl (C=O) groups is 1. The summed E-state index contributed by atoms with van der Waals surface area (Å²) in [6.45, 7) is 0. The molecule has 0 saturated heterocycles. The van der Waals surface area contributed by atoms with Crippen LogP contribution in [0.1, 0.15) is 10.5 Å². The molecule has 0 saturated carbocycles. The maximum atomic E-state index is 11.4. The van der Waals surface area contributed by atoms with Gasteiger partial charge in [-0.2, -0.15) is 0 Å². The maximum absolute atomic E-state index is 11.4. The van der Waals surface area contributed by atoms with E-state index in [4.69, 9.17) is 34.8 Å². The zero-order chi connectivity index (χ0) is 14.0. The lowest BCUT2D eigenvalue weighted by molar-refractivity contribution is 0.0594. The molecule has 0 aliphatic carbocycles. The van der Waals surface area contributed by atoms with Gasteiger partial charge < -0.3 is 4.74 Å². The molecule has 0 N–H and O–H groups in total. The van der Waals surface area contributed by atoms with Crippen LogP contribution in [0.5, 0.6) is 0 Å². The lowest BCUT2D eigenvalue weighted by Crippen LogP contribution is -2.05. The number of nitrogens with zero attached hydrogens (tertiary/aromatic N) is 1. The van der Waals surface area contributed by atoms with E-state index < -0.39 is 5.97 Å². The number of pyridine rings is 1. The van der Waals surface area contributed by atoms with Gasteiger partial charge >= 0.3 is 5.97 Å². The van der Waals surface area contributed by atoms with Gasteiger partial charge in [-0.05, 0) is 18.2 Å². The quantitative estimate of drug-likeness (QED) is 0.766. The zero-order valence-corrected chi connectivity index (χ0v) is 12.1. The summed E-state index contributed by atoms with van der Waals surface area (Å²) >= 11 is 17.9. The van der Waals surface area contributed by atoms with Crippen LogP contribution in [0.2, 0.25) is 15.1 Å². The van der Waals surface area contributed by atoms with Crippen LogP contribution in [0.3, 0.4) is 0 Å². The Hall–Kier alpha value is -1.29. The first-order valence-electron chi connectivity index (χ1n) is 5.22. The lowest BCUT2D eigenvalue weighted by Gasteiger charge is -2.07. The van der Waals surface area contributed by atoms with E-state index >= 15 is 0 Å². The van der Waals surface area contributed by atoms with Crippen molar-refractivity contribution in [3.05, 3.63) is 51.2 Å². The molecule has 2 aromatic rings. The van der Waals surface area contributed by atoms with Gasteiger partial charge in [0.25, 0.3) is 0 Å². The molecule has 0 atom stereocenters. The van der Waals surface area contributed by atoms with Crippen molar-refractivity contribution in [2.24, 2.45) is 0 Å². The summed E-state index contributed by atoms with van der Waals surface area (Å²) in [6, 6.07) is 6.71. The molecule has 0 aliphatic rings. The number of benzene rings is 1. The van der Waals surface area contributed by atoms with Crippen molar-refractivity contribution in [2.75, 3.05) is 7.11 Å². The van der Waals surface area contributed by atoms with Crippen LogP contribution >= 0.6 is 34.8 Å². The maximum Gasteiger partial charge on any atom is 0.358 e. The molecule has 6 heteroatoms. The van der Waals surface area contributed by atoms with E-state index in [0.29, 0.717) is 15.6 Å². The van der Waals surface area contributed by atoms with Crippen molar-refractivity contribution < 1.29 is 9.53 Å². The fraction of sp³-hybridized carbons (Fsp3) is 0.0769. The van der Waals surface area contributed by atoms with E-state index in [0.717, 1.165) is 5.56 Å². The van der Waals surface area contributed by atoms with E-state index in [2.05, 4.69) is 9.72 Å². The Morgan fingerprint density at radius 1 is 1.16 bits per heavy atom. The summed E-state index contributed by atoms with van der Waals surface area (Å²) in [5.41, 5.74) is 1.49. The van der Waals surface area contributed by atoms with E-state index in [9.17, 15) is 4.79 Å². The summed E-state index contributed by atoms with van der Waals surface area (Å²) in [7, 11) is 1.27. The minimum Gasteiger partial charge on any atom is -0.464 e. The molecular formula is C13H8Cl3NO2. The molecule has 2 rings (SSSR count). The number of aromatic nitrogens is 1. The average Bonchev–Trinajstić information content (AvgIpc) is 2.37. The van der Waals surface area contributed by atoms with E-state index in [-0.39, 0.29) is 10.7 Å². The minimum atomic E-state index is -0.584. The van der Waals surface area contributed by atoms with Crippen LogP contribution in [0.4, 0.5) is 0 Å². The molecule has 1 heterocycles. The second kappa shape index (κ2) is 5.78. The number of hydrogen-bond donors (Lipinski definition) is 0. The number of halogens is 3. The largest absolute Gasteiger partial charge is 0.464 e. The Bertz CT molecular complexity index is 644. The fourth-order valence-corrected chi connectivity index (χ4v) is 2.32. The molecule has 0 aliphatic heterocycles. The average molecular weight is 317 g/mol. The molecule has 0 fully saturated rings. The van der Waals surface area contributed by atoms with E-state index in [1.165, 1.54) is 13.3 Å². The summed E-state index contributed by atoms with van der Waals surface area (Å²) in [6.07, 6.45) is 1.51. The highest BCUT2D eigenvalue weighted by molar-refractivity contribution is 6.36. The molecular weight excluding hydrogens is 309 g/mol. The number of rotatable bonds is 2. The summed E-state index contributed by atoms with van der Waals surface area (Å²) in [4.78, 5) is 15.4. The third-order valence-corrected chi connectivity index (χ3v) is 3.30. The topological polar surface area (TPSA) is 39.2 Å². The van der Waals surface area contributed by atoms with Crippen LogP contribution in [0.25, 0.3) is 11.1 Å². The molecule has 1 aromatic carbocycles. The van der Waals surface area contributed by atoms with Crippen LogP contribution in [-0.4, -0.2) is 18.1 Å². The summed E-state index contributed by atoms with van der Waals surface area (Å²) < 4.78 is 4.57. The van der Waals surface area contributed by atoms with Crippen molar-refractivity contribution in [1.29, 1.82) is 0 Å². The van der Waals surface area contributed by atoms with Gasteiger partial charge in [-0.15, -0.1) is 0 Å². The van der Waals surface area contributed by atoms with Gasteiger partial charge in [0.15, 0.2) is 5.69 Å². The summed E-state index contributed by atoms with van der Waals surface area (Å²) in [5, 5.41) is 1.23. The standard InChI is InChI=1S/C13H8Cl3NO2/c1-19-13(18)12-11(16)4-7(6-17-12)9-3-2-8(14)5-10(9)15/h2-6H,1H3. The molecule has 0 spiro atoms. The second-order valence-electron chi connectivity index (χ2n) is 3.67. The van der Waals surface area contributed by atoms with Gasteiger partial charge in [-0.1, -0.05) is 40.9 Å². The predicted octanol–water partition coefficient (Wildman–Crippen LogP) is 4.50. The van der Waals surface area contributed by atoms with Gasteiger partial charge in [-0.3, -0.25) is 0 Å². The number of ether oxygens (including phenoxy) is 1. The van der Waals surface area contributed by atoms with Gasteiger partial charge in [0.05, 0.1) is 12.1 Å².